The van der Waals surface area contributed by atoms with Crippen LogP contribution in [0.5, 0.6) is 0 Å². The van der Waals surface area contributed by atoms with Crippen molar-refractivity contribution in [2.75, 3.05) is 13.1 Å². The molecule has 1 N–H and O–H groups in total. The molecule has 0 aliphatic carbocycles. The minimum absolute atomic E-state index is 0.121. The highest BCUT2D eigenvalue weighted by atomic mass is 35.5. The van der Waals surface area contributed by atoms with Gasteiger partial charge in [-0.1, -0.05) is 11.6 Å². The molecular weight excluding hydrogens is 296 g/mol. The van der Waals surface area contributed by atoms with E-state index < -0.39 is 18.0 Å². The van der Waals surface area contributed by atoms with E-state index in [4.69, 9.17) is 16.3 Å². The van der Waals surface area contributed by atoms with Crippen LogP contribution in [-0.4, -0.2) is 46.2 Å². The van der Waals surface area contributed by atoms with E-state index in [1.807, 2.05) is 0 Å². The van der Waals surface area contributed by atoms with Gasteiger partial charge in [-0.3, -0.25) is 9.78 Å². The standard InChI is InChI=1S/C14H17ClN2O4/c1-8(2)21-14(20)17-6-10(11(7-17)13(18)19)12-4-3-9(15)5-16-12/h3-5,8,10-11H,6-7H2,1-2H3,(H,18,19). The molecule has 0 aromatic carbocycles. The molecule has 1 aliphatic heterocycles. The third-order valence-corrected chi connectivity index (χ3v) is 3.59. The topological polar surface area (TPSA) is 79.7 Å². The van der Waals surface area contributed by atoms with Crippen LogP contribution in [0.1, 0.15) is 25.5 Å². The third kappa shape index (κ3) is 3.64. The van der Waals surface area contributed by atoms with Gasteiger partial charge in [-0.15, -0.1) is 0 Å². The lowest BCUT2D eigenvalue weighted by atomic mass is 9.93. The molecule has 0 saturated carbocycles. The minimum Gasteiger partial charge on any atom is -0.481 e. The average molecular weight is 313 g/mol. The lowest BCUT2D eigenvalue weighted by Gasteiger charge is -2.17. The van der Waals surface area contributed by atoms with Gasteiger partial charge in [0.1, 0.15) is 0 Å². The van der Waals surface area contributed by atoms with Gasteiger partial charge in [0.25, 0.3) is 0 Å². The van der Waals surface area contributed by atoms with E-state index in [-0.39, 0.29) is 25.1 Å². The number of aromatic nitrogens is 1. The van der Waals surface area contributed by atoms with E-state index in [0.717, 1.165) is 0 Å². The van der Waals surface area contributed by atoms with E-state index in [0.29, 0.717) is 10.7 Å². The van der Waals surface area contributed by atoms with Crippen LogP contribution in [-0.2, 0) is 9.53 Å². The summed E-state index contributed by atoms with van der Waals surface area (Å²) in [5.74, 6) is -2.01. The van der Waals surface area contributed by atoms with Crippen LogP contribution < -0.4 is 0 Å². The van der Waals surface area contributed by atoms with Crippen molar-refractivity contribution >= 4 is 23.7 Å². The average Bonchev–Trinajstić information content (AvgIpc) is 2.84. The summed E-state index contributed by atoms with van der Waals surface area (Å²) in [6.45, 7) is 3.90. The summed E-state index contributed by atoms with van der Waals surface area (Å²) in [6.07, 6.45) is 0.742. The van der Waals surface area contributed by atoms with Crippen molar-refractivity contribution in [3.8, 4) is 0 Å². The number of carbonyl (C=O) groups is 2. The molecule has 1 aromatic rings. The predicted octanol–water partition coefficient (Wildman–Crippen LogP) is 2.38. The highest BCUT2D eigenvalue weighted by Crippen LogP contribution is 2.32. The van der Waals surface area contributed by atoms with Crippen molar-refractivity contribution in [1.82, 2.24) is 9.88 Å². The van der Waals surface area contributed by atoms with E-state index in [1.54, 1.807) is 26.0 Å². The highest BCUT2D eigenvalue weighted by molar-refractivity contribution is 6.30. The number of hydrogen-bond donors (Lipinski definition) is 1. The lowest BCUT2D eigenvalue weighted by Crippen LogP contribution is -2.32. The Balaban J connectivity index is 2.18. The number of hydrogen-bond acceptors (Lipinski definition) is 4. The molecule has 2 heterocycles. The van der Waals surface area contributed by atoms with E-state index >= 15 is 0 Å². The van der Waals surface area contributed by atoms with Crippen LogP contribution in [0.25, 0.3) is 0 Å². The molecule has 0 radical (unpaired) electrons. The van der Waals surface area contributed by atoms with Gasteiger partial charge in [0, 0.05) is 30.9 Å². The number of aliphatic carboxylic acids is 1. The normalized spacial score (nSPS) is 21.6. The quantitative estimate of drug-likeness (QED) is 0.927. The zero-order valence-corrected chi connectivity index (χ0v) is 12.6. The fraction of sp³-hybridized carbons (Fsp3) is 0.500. The minimum atomic E-state index is -0.948. The van der Waals surface area contributed by atoms with Gasteiger partial charge in [0.2, 0.25) is 0 Å². The number of carboxylic acid groups (broad SMARTS) is 1. The number of likely N-dealkylation sites (tertiary alicyclic amines) is 1. The first kappa shape index (κ1) is 15.6. The maximum atomic E-state index is 11.9. The predicted molar refractivity (Wildman–Crippen MR) is 76.3 cm³/mol. The number of amides is 1. The first-order valence-electron chi connectivity index (χ1n) is 6.68. The first-order valence-corrected chi connectivity index (χ1v) is 7.06. The molecule has 114 valence electrons. The van der Waals surface area contributed by atoms with Gasteiger partial charge in [-0.2, -0.15) is 0 Å². The van der Waals surface area contributed by atoms with Crippen LogP contribution >= 0.6 is 11.6 Å². The summed E-state index contributed by atoms with van der Waals surface area (Å²) in [4.78, 5) is 28.9. The molecule has 2 unspecified atom stereocenters. The second-order valence-corrected chi connectivity index (χ2v) is 5.73. The third-order valence-electron chi connectivity index (χ3n) is 3.36. The smallest absolute Gasteiger partial charge is 0.410 e. The van der Waals surface area contributed by atoms with Crippen molar-refractivity contribution in [2.45, 2.75) is 25.9 Å². The summed E-state index contributed by atoms with van der Waals surface area (Å²) in [5, 5.41) is 9.83. The van der Waals surface area contributed by atoms with Gasteiger partial charge < -0.3 is 14.7 Å². The molecule has 0 bridgehead atoms. The maximum absolute atomic E-state index is 11.9. The molecule has 6 nitrogen and oxygen atoms in total. The molecule has 2 rings (SSSR count). The maximum Gasteiger partial charge on any atom is 0.410 e. The van der Waals surface area contributed by atoms with E-state index in [9.17, 15) is 14.7 Å². The van der Waals surface area contributed by atoms with Crippen molar-refractivity contribution in [1.29, 1.82) is 0 Å². The SMILES string of the molecule is CC(C)OC(=O)N1CC(C(=O)O)C(c2ccc(Cl)cn2)C1. The molecule has 1 fully saturated rings. The van der Waals surface area contributed by atoms with Crippen LogP contribution in [0.4, 0.5) is 4.79 Å². The molecule has 1 amide bonds. The zero-order valence-electron chi connectivity index (χ0n) is 11.8. The summed E-state index contributed by atoms with van der Waals surface area (Å²) < 4.78 is 5.12. The highest BCUT2D eigenvalue weighted by Gasteiger charge is 2.41. The molecule has 0 spiro atoms. The summed E-state index contributed by atoms with van der Waals surface area (Å²) in [5.41, 5.74) is 0.617. The van der Waals surface area contributed by atoms with Gasteiger partial charge in [0.05, 0.1) is 17.0 Å². The lowest BCUT2D eigenvalue weighted by molar-refractivity contribution is -0.141. The monoisotopic (exact) mass is 312 g/mol. The van der Waals surface area contributed by atoms with E-state index in [2.05, 4.69) is 4.98 Å². The summed E-state index contributed by atoms with van der Waals surface area (Å²) in [6, 6.07) is 3.36. The number of nitrogens with zero attached hydrogens (tertiary/aromatic N) is 2. The Morgan fingerprint density at radius 2 is 2.14 bits per heavy atom. The number of ether oxygens (including phenoxy) is 1. The fourth-order valence-electron chi connectivity index (χ4n) is 2.39. The Bertz CT molecular complexity index is 532. The van der Waals surface area contributed by atoms with Crippen molar-refractivity contribution in [3.63, 3.8) is 0 Å². The Morgan fingerprint density at radius 1 is 1.43 bits per heavy atom. The zero-order chi connectivity index (χ0) is 15.6. The number of pyridine rings is 1. The van der Waals surface area contributed by atoms with Crippen molar-refractivity contribution in [2.24, 2.45) is 5.92 Å². The number of carbonyl (C=O) groups excluding carboxylic acids is 1. The summed E-state index contributed by atoms with van der Waals surface area (Å²) in [7, 11) is 0. The molecular formula is C14H17ClN2O4. The van der Waals surface area contributed by atoms with Gasteiger partial charge in [-0.05, 0) is 26.0 Å². The Hall–Kier alpha value is -1.82. The molecule has 7 heteroatoms. The van der Waals surface area contributed by atoms with Crippen LogP contribution in [0.15, 0.2) is 18.3 Å². The van der Waals surface area contributed by atoms with Crippen LogP contribution in [0.3, 0.4) is 0 Å². The Morgan fingerprint density at radius 3 is 2.67 bits per heavy atom. The number of halogens is 1. The molecule has 1 aliphatic rings. The van der Waals surface area contributed by atoms with Gasteiger partial charge in [-0.25, -0.2) is 4.79 Å². The van der Waals surface area contributed by atoms with E-state index in [1.165, 1.54) is 11.1 Å². The molecule has 1 aromatic heterocycles. The second kappa shape index (κ2) is 6.30. The fourth-order valence-corrected chi connectivity index (χ4v) is 2.50. The Labute approximate surface area is 127 Å². The largest absolute Gasteiger partial charge is 0.481 e. The number of rotatable bonds is 3. The second-order valence-electron chi connectivity index (χ2n) is 5.29. The van der Waals surface area contributed by atoms with Crippen LogP contribution in [0.2, 0.25) is 5.02 Å². The molecule has 1 saturated heterocycles. The van der Waals surface area contributed by atoms with Gasteiger partial charge >= 0.3 is 12.1 Å². The molecule has 21 heavy (non-hydrogen) atoms. The van der Waals surface area contributed by atoms with Crippen molar-refractivity contribution in [3.05, 3.63) is 29.0 Å². The van der Waals surface area contributed by atoms with Crippen molar-refractivity contribution < 1.29 is 19.4 Å². The first-order chi connectivity index (χ1) is 9.88. The Kier molecular flexibility index (Phi) is 4.67. The molecule has 2 atom stereocenters. The summed E-state index contributed by atoms with van der Waals surface area (Å²) >= 11 is 5.79. The van der Waals surface area contributed by atoms with Crippen LogP contribution in [0, 0.1) is 5.92 Å². The number of carboxylic acids is 1. The van der Waals surface area contributed by atoms with Gasteiger partial charge in [0.15, 0.2) is 0 Å².